The predicted molar refractivity (Wildman–Crippen MR) is 142 cm³/mol. The van der Waals surface area contributed by atoms with Crippen molar-refractivity contribution in [3.05, 3.63) is 89.4 Å². The highest BCUT2D eigenvalue weighted by atomic mass is 31.0. The molecule has 4 rings (SSSR count). The first-order valence-corrected chi connectivity index (χ1v) is 12.0. The van der Waals surface area contributed by atoms with E-state index in [1.165, 1.54) is 5.56 Å². The van der Waals surface area contributed by atoms with E-state index in [4.69, 9.17) is 15.0 Å². The van der Waals surface area contributed by atoms with Crippen molar-refractivity contribution < 1.29 is 4.74 Å². The zero-order chi connectivity index (χ0) is 23.8. The van der Waals surface area contributed by atoms with E-state index in [1.54, 1.807) is 0 Å². The van der Waals surface area contributed by atoms with Crippen LogP contribution in [-0.2, 0) is 6.42 Å². The van der Waals surface area contributed by atoms with Crippen LogP contribution >= 0.6 is 9.24 Å². The third-order valence-electron chi connectivity index (χ3n) is 5.62. The third kappa shape index (κ3) is 6.08. The second-order valence-electron chi connectivity index (χ2n) is 8.07. The number of benzene rings is 2. The lowest BCUT2D eigenvalue weighted by Crippen LogP contribution is -2.40. The molecule has 2 heterocycles. The molecule has 2 aromatic carbocycles. The van der Waals surface area contributed by atoms with Crippen molar-refractivity contribution in [3.8, 4) is 11.9 Å². The van der Waals surface area contributed by atoms with E-state index in [9.17, 15) is 0 Å². The van der Waals surface area contributed by atoms with Crippen LogP contribution in [0.4, 0.5) is 11.4 Å². The number of allylic oxidation sites excluding steroid dienone is 1. The normalized spacial score (nSPS) is 15.6. The fraction of sp³-hybridized carbons (Fsp3) is 0.222. The number of aromatic nitrogens is 1. The van der Waals surface area contributed by atoms with Gasteiger partial charge in [-0.2, -0.15) is 5.26 Å². The Labute approximate surface area is 203 Å². The second-order valence-corrected chi connectivity index (χ2v) is 8.41. The second kappa shape index (κ2) is 11.6. The Morgan fingerprint density at radius 3 is 2.79 bits per heavy atom. The van der Waals surface area contributed by atoms with E-state index in [2.05, 4.69) is 37.0 Å². The predicted octanol–water partition coefficient (Wildman–Crippen LogP) is 4.97. The van der Waals surface area contributed by atoms with Gasteiger partial charge in [-0.25, -0.2) is 4.98 Å². The maximum absolute atomic E-state index is 8.89. The first-order valence-electron chi connectivity index (χ1n) is 11.3. The summed E-state index contributed by atoms with van der Waals surface area (Å²) >= 11 is 0. The van der Waals surface area contributed by atoms with Gasteiger partial charge in [-0.1, -0.05) is 36.1 Å². The quantitative estimate of drug-likeness (QED) is 0.277. The maximum atomic E-state index is 8.89. The van der Waals surface area contributed by atoms with Crippen molar-refractivity contribution in [1.82, 2.24) is 10.3 Å². The number of hydrogen-bond donors (Lipinski definition) is 2. The number of nitrogens with zero attached hydrogens (tertiary/aromatic N) is 3. The van der Waals surface area contributed by atoms with Gasteiger partial charge in [-0.15, -0.1) is 9.24 Å². The van der Waals surface area contributed by atoms with E-state index < -0.39 is 0 Å². The van der Waals surface area contributed by atoms with Gasteiger partial charge in [0.25, 0.3) is 0 Å². The van der Waals surface area contributed by atoms with Gasteiger partial charge in [0.05, 0.1) is 29.6 Å². The maximum Gasteiger partial charge on any atom is 0.237 e. The number of pyridine rings is 1. The highest BCUT2D eigenvalue weighted by molar-refractivity contribution is 7.21. The number of anilines is 1. The zero-order valence-electron chi connectivity index (χ0n) is 19.2. The lowest BCUT2D eigenvalue weighted by molar-refractivity contribution is 0.194. The number of fused-ring (bicyclic) bond motifs is 1. The molecule has 0 aliphatic carbocycles. The first-order chi connectivity index (χ1) is 16.7. The molecule has 0 saturated carbocycles. The molecule has 2 unspecified atom stereocenters. The van der Waals surface area contributed by atoms with Gasteiger partial charge in [0.1, 0.15) is 6.10 Å². The van der Waals surface area contributed by atoms with Gasteiger partial charge in [0, 0.05) is 29.6 Å². The molecular formula is C27H28N5OP. The largest absolute Gasteiger partial charge is 0.470 e. The Hall–Kier alpha value is -3.52. The fourth-order valence-electron chi connectivity index (χ4n) is 3.78. The minimum absolute atomic E-state index is 0.00457. The van der Waals surface area contributed by atoms with E-state index >= 15 is 0 Å². The van der Waals surface area contributed by atoms with E-state index in [1.807, 2.05) is 73.5 Å². The number of rotatable bonds is 8. The Morgan fingerprint density at radius 2 is 2.06 bits per heavy atom. The Bertz CT molecular complexity index is 1220. The molecule has 34 heavy (non-hydrogen) atoms. The summed E-state index contributed by atoms with van der Waals surface area (Å²) in [5, 5.41) is 15.8. The van der Waals surface area contributed by atoms with Crippen LogP contribution in [0.2, 0.25) is 0 Å². The van der Waals surface area contributed by atoms with Crippen molar-refractivity contribution in [3.63, 3.8) is 0 Å². The Kier molecular flexibility index (Phi) is 8.04. The van der Waals surface area contributed by atoms with E-state index in [-0.39, 0.29) is 6.10 Å². The van der Waals surface area contributed by atoms with Crippen LogP contribution in [0.15, 0.2) is 77.7 Å². The molecule has 1 aliphatic heterocycles. The van der Waals surface area contributed by atoms with Crippen LogP contribution in [0, 0.1) is 11.3 Å². The number of nitriles is 1. The van der Waals surface area contributed by atoms with Crippen molar-refractivity contribution in [1.29, 1.82) is 5.26 Å². The number of nitrogens with one attached hydrogen (secondary N) is 2. The zero-order valence-corrected chi connectivity index (χ0v) is 20.3. The molecule has 1 aromatic heterocycles. The molecule has 0 radical (unpaired) electrons. The highest BCUT2D eigenvalue weighted by Crippen LogP contribution is 2.31. The van der Waals surface area contributed by atoms with E-state index in [0.717, 1.165) is 47.7 Å². The summed E-state index contributed by atoms with van der Waals surface area (Å²) in [6, 6.07) is 21.8. The lowest BCUT2D eigenvalue weighted by atomic mass is 10.0. The van der Waals surface area contributed by atoms with Gasteiger partial charge in [-0.3, -0.25) is 4.99 Å². The molecule has 3 aromatic rings. The van der Waals surface area contributed by atoms with Gasteiger partial charge in [0.2, 0.25) is 5.88 Å². The summed E-state index contributed by atoms with van der Waals surface area (Å²) < 4.78 is 6.11. The summed E-state index contributed by atoms with van der Waals surface area (Å²) in [6.45, 7) is 4.28. The molecule has 7 heteroatoms. The molecule has 0 bridgehead atoms. The monoisotopic (exact) mass is 469 g/mol. The molecule has 0 amide bonds. The molecule has 0 spiro atoms. The van der Waals surface area contributed by atoms with Crippen LogP contribution in [0.5, 0.6) is 5.88 Å². The Morgan fingerprint density at radius 1 is 1.26 bits per heavy atom. The summed E-state index contributed by atoms with van der Waals surface area (Å²) in [7, 11) is 2.67. The molecule has 0 fully saturated rings. The first kappa shape index (κ1) is 23.6. The van der Waals surface area contributed by atoms with Crippen LogP contribution < -0.4 is 15.4 Å². The van der Waals surface area contributed by atoms with Gasteiger partial charge in [-0.05, 0) is 55.8 Å². The van der Waals surface area contributed by atoms with Crippen molar-refractivity contribution >= 4 is 31.9 Å². The topological polar surface area (TPSA) is 82.3 Å². The van der Waals surface area contributed by atoms with Crippen molar-refractivity contribution in [2.45, 2.75) is 19.4 Å². The molecule has 2 atom stereocenters. The van der Waals surface area contributed by atoms with Crippen LogP contribution in [0.3, 0.4) is 0 Å². The average Bonchev–Trinajstić information content (AvgIpc) is 2.88. The minimum atomic E-state index is 0.00457. The smallest absolute Gasteiger partial charge is 0.237 e. The van der Waals surface area contributed by atoms with E-state index in [0.29, 0.717) is 18.0 Å². The van der Waals surface area contributed by atoms with Gasteiger partial charge < -0.3 is 15.4 Å². The number of aliphatic imine (C=N–C) groups is 1. The molecule has 1 aliphatic rings. The molecule has 2 N–H and O–H groups in total. The lowest BCUT2D eigenvalue weighted by Gasteiger charge is -2.27. The summed E-state index contributed by atoms with van der Waals surface area (Å²) in [4.78, 5) is 9.31. The van der Waals surface area contributed by atoms with Crippen molar-refractivity contribution in [2.24, 2.45) is 4.99 Å². The number of ether oxygens (including phenoxy) is 1. The standard InChI is InChI=1S/C27H28N5OP/c1-19(32-23-5-3-2-4-6-23)25(18-34)22-13-26-27(31-15-22)33-24(17-30-26)16-29-12-11-20-7-9-21(14-28)10-8-20/h2-10,13,15,18,24,29-30H,11-12,16-17,34H2,1H3/b25-18+,32-19?. The van der Waals surface area contributed by atoms with Crippen LogP contribution in [0.25, 0.3) is 5.57 Å². The molecular weight excluding hydrogens is 441 g/mol. The number of hydrogen-bond acceptors (Lipinski definition) is 6. The van der Waals surface area contributed by atoms with Gasteiger partial charge >= 0.3 is 0 Å². The molecule has 6 nitrogen and oxygen atoms in total. The summed E-state index contributed by atoms with van der Waals surface area (Å²) in [5.41, 5.74) is 6.63. The van der Waals surface area contributed by atoms with Crippen molar-refractivity contribution in [2.75, 3.05) is 25.0 Å². The third-order valence-corrected chi connectivity index (χ3v) is 5.95. The Balaban J connectivity index is 1.32. The minimum Gasteiger partial charge on any atom is -0.470 e. The van der Waals surface area contributed by atoms with Crippen LogP contribution in [0.1, 0.15) is 23.6 Å². The average molecular weight is 470 g/mol. The SMILES string of the molecule is CC(=Nc1ccccc1)/C(=C\P)c1cnc2c(c1)NCC(CNCCc1ccc(C#N)cc1)O2. The number of para-hydroxylation sites is 1. The summed E-state index contributed by atoms with van der Waals surface area (Å²) in [6.07, 6.45) is 2.74. The fourth-order valence-corrected chi connectivity index (χ4v) is 4.21. The molecule has 0 saturated heterocycles. The van der Waals surface area contributed by atoms with Crippen LogP contribution in [-0.4, -0.2) is 36.4 Å². The van der Waals surface area contributed by atoms with Gasteiger partial charge in [0.15, 0.2) is 0 Å². The summed E-state index contributed by atoms with van der Waals surface area (Å²) in [5.74, 6) is 2.60. The highest BCUT2D eigenvalue weighted by Gasteiger charge is 2.21. The molecule has 172 valence electrons.